The first-order valence-corrected chi connectivity index (χ1v) is 10.9. The lowest BCUT2D eigenvalue weighted by Gasteiger charge is -2.39. The Morgan fingerprint density at radius 2 is 1.20 bits per heavy atom. The van der Waals surface area contributed by atoms with Crippen LogP contribution in [0.4, 0.5) is 0 Å². The summed E-state index contributed by atoms with van der Waals surface area (Å²) < 4.78 is 18.6. The molecule has 2 aliphatic rings. The number of benzene rings is 2. The number of halogens is 2. The molecule has 4 rings (SSSR count). The van der Waals surface area contributed by atoms with Crippen LogP contribution in [-0.2, 0) is 17.6 Å². The molecule has 5 heteroatoms. The summed E-state index contributed by atoms with van der Waals surface area (Å²) in [6.07, 6.45) is 3.32. The molecular formula is C20H20Br2O3. The van der Waals surface area contributed by atoms with Crippen LogP contribution >= 0.6 is 31.9 Å². The van der Waals surface area contributed by atoms with Gasteiger partial charge in [0.05, 0.1) is 11.1 Å². The van der Waals surface area contributed by atoms with Crippen LogP contribution < -0.4 is 9.47 Å². The summed E-state index contributed by atoms with van der Waals surface area (Å²) in [4.78, 5) is 0. The highest BCUT2D eigenvalue weighted by Gasteiger charge is 2.39. The van der Waals surface area contributed by atoms with E-state index in [0.717, 1.165) is 59.0 Å². The lowest BCUT2D eigenvalue weighted by molar-refractivity contribution is -0.228. The molecule has 2 aliphatic heterocycles. The Bertz CT molecular complexity index is 699. The topological polar surface area (TPSA) is 27.7 Å². The van der Waals surface area contributed by atoms with Crippen LogP contribution in [0.25, 0.3) is 0 Å². The zero-order valence-corrected chi connectivity index (χ0v) is 17.0. The van der Waals surface area contributed by atoms with E-state index in [0.29, 0.717) is 0 Å². The molecule has 0 amide bonds. The Morgan fingerprint density at radius 3 is 1.64 bits per heavy atom. The molecule has 0 radical (unpaired) electrons. The zero-order valence-electron chi connectivity index (χ0n) is 13.8. The Labute approximate surface area is 164 Å². The molecule has 0 saturated heterocycles. The normalized spacial score (nSPS) is 20.2. The summed E-state index contributed by atoms with van der Waals surface area (Å²) in [7, 11) is 0. The summed E-state index contributed by atoms with van der Waals surface area (Å²) in [6, 6.07) is 12.5. The van der Waals surface area contributed by atoms with Crippen molar-refractivity contribution in [1.29, 1.82) is 0 Å². The molecule has 132 valence electrons. The molecule has 0 fully saturated rings. The van der Waals surface area contributed by atoms with E-state index in [1.54, 1.807) is 0 Å². The van der Waals surface area contributed by atoms with Gasteiger partial charge in [-0.2, -0.15) is 0 Å². The highest BCUT2D eigenvalue weighted by Crippen LogP contribution is 2.49. The van der Waals surface area contributed by atoms with Gasteiger partial charge in [-0.15, -0.1) is 0 Å². The Kier molecular flexibility index (Phi) is 5.34. The van der Waals surface area contributed by atoms with Gasteiger partial charge < -0.3 is 9.47 Å². The van der Waals surface area contributed by atoms with Crippen LogP contribution in [0.1, 0.15) is 47.7 Å². The van der Waals surface area contributed by atoms with E-state index in [4.69, 9.17) is 14.2 Å². The van der Waals surface area contributed by atoms with Crippen LogP contribution in [0.3, 0.4) is 0 Å². The van der Waals surface area contributed by atoms with E-state index in [2.05, 4.69) is 56.1 Å². The predicted molar refractivity (Wildman–Crippen MR) is 105 cm³/mol. The van der Waals surface area contributed by atoms with E-state index >= 15 is 0 Å². The second kappa shape index (κ2) is 7.68. The molecule has 2 bridgehead atoms. The molecule has 2 unspecified atom stereocenters. The van der Waals surface area contributed by atoms with Gasteiger partial charge in [-0.25, -0.2) is 0 Å². The van der Waals surface area contributed by atoms with E-state index in [-0.39, 0.29) is 0 Å². The van der Waals surface area contributed by atoms with E-state index < -0.39 is 12.6 Å². The van der Waals surface area contributed by atoms with Crippen molar-refractivity contribution >= 4 is 31.9 Å². The van der Waals surface area contributed by atoms with Gasteiger partial charge in [0.15, 0.2) is 0 Å². The summed E-state index contributed by atoms with van der Waals surface area (Å²) in [6.45, 7) is 0. The quantitative estimate of drug-likeness (QED) is 0.499. The number of hydrogen-bond donors (Lipinski definition) is 0. The van der Waals surface area contributed by atoms with Crippen LogP contribution in [-0.4, -0.2) is 10.7 Å². The minimum absolute atomic E-state index is 0.393. The third-order valence-electron chi connectivity index (χ3n) is 4.62. The van der Waals surface area contributed by atoms with E-state index in [1.165, 1.54) is 11.1 Å². The highest BCUT2D eigenvalue weighted by molar-refractivity contribution is 9.09. The van der Waals surface area contributed by atoms with Gasteiger partial charge >= 0.3 is 0 Å². The first-order chi connectivity index (χ1) is 12.3. The minimum atomic E-state index is -0.393. The van der Waals surface area contributed by atoms with Crippen LogP contribution in [0.15, 0.2) is 36.4 Å². The van der Waals surface area contributed by atoms with Crippen molar-refractivity contribution in [2.75, 3.05) is 10.7 Å². The van der Waals surface area contributed by atoms with Gasteiger partial charge in [0.25, 0.3) is 0 Å². The molecule has 3 nitrogen and oxygen atoms in total. The number of para-hydroxylation sites is 2. The molecule has 0 aliphatic carbocycles. The standard InChI is InChI=1S/C20H20Br2O3/c21-11-3-7-13-5-1-9-15-17(13)23-20-16-10-2-6-14(8-4-12-22)18(16)24-19(15)25-20/h1-2,5-6,9-10,19-20H,3-4,7-8,11-12H2. The van der Waals surface area contributed by atoms with Crippen molar-refractivity contribution in [3.63, 3.8) is 0 Å². The lowest BCUT2D eigenvalue weighted by Crippen LogP contribution is -2.31. The predicted octanol–water partition coefficient (Wildman–Crippen LogP) is 5.84. The fourth-order valence-electron chi connectivity index (χ4n) is 3.43. The number of alkyl halides is 2. The highest BCUT2D eigenvalue weighted by atomic mass is 79.9. The SMILES string of the molecule is BrCCCc1cccc2c1OC1OC2Oc2c(CCCBr)cccc21. The second-order valence-electron chi connectivity index (χ2n) is 6.29. The van der Waals surface area contributed by atoms with Crippen molar-refractivity contribution in [3.8, 4) is 11.5 Å². The maximum atomic E-state index is 6.29. The fourth-order valence-corrected chi connectivity index (χ4v) is 3.99. The molecule has 2 atom stereocenters. The first kappa shape index (κ1) is 17.4. The Hall–Kier alpha value is -1.04. The van der Waals surface area contributed by atoms with E-state index in [1.807, 2.05) is 12.1 Å². The number of rotatable bonds is 6. The average molecular weight is 468 g/mol. The van der Waals surface area contributed by atoms with Crippen molar-refractivity contribution in [3.05, 3.63) is 58.7 Å². The van der Waals surface area contributed by atoms with Crippen LogP contribution in [0.2, 0.25) is 0 Å². The maximum absolute atomic E-state index is 6.29. The molecule has 25 heavy (non-hydrogen) atoms. The zero-order chi connectivity index (χ0) is 17.2. The summed E-state index contributed by atoms with van der Waals surface area (Å²) in [5, 5.41) is 1.96. The molecule has 2 aromatic rings. The molecule has 0 aromatic heterocycles. The number of fused-ring (bicyclic) bond motifs is 6. The van der Waals surface area contributed by atoms with Gasteiger partial charge in [-0.1, -0.05) is 56.1 Å². The van der Waals surface area contributed by atoms with Gasteiger partial charge in [0.1, 0.15) is 11.5 Å². The Balaban J connectivity index is 1.69. The minimum Gasteiger partial charge on any atom is -0.459 e. The van der Waals surface area contributed by atoms with Gasteiger partial charge in [-0.3, -0.25) is 4.74 Å². The molecule has 0 N–H and O–H groups in total. The number of hydrogen-bond acceptors (Lipinski definition) is 3. The monoisotopic (exact) mass is 466 g/mol. The molecule has 0 spiro atoms. The molecule has 2 heterocycles. The van der Waals surface area contributed by atoms with E-state index in [9.17, 15) is 0 Å². The lowest BCUT2D eigenvalue weighted by atomic mass is 9.99. The first-order valence-electron chi connectivity index (χ1n) is 8.66. The van der Waals surface area contributed by atoms with Crippen LogP contribution in [0, 0.1) is 0 Å². The fraction of sp³-hybridized carbons (Fsp3) is 0.400. The van der Waals surface area contributed by atoms with Crippen molar-refractivity contribution in [1.82, 2.24) is 0 Å². The largest absolute Gasteiger partial charge is 0.459 e. The van der Waals surface area contributed by atoms with Crippen molar-refractivity contribution < 1.29 is 14.2 Å². The number of ether oxygens (including phenoxy) is 3. The number of aryl methyl sites for hydroxylation is 2. The summed E-state index contributed by atoms with van der Waals surface area (Å²) in [5.41, 5.74) is 4.42. The van der Waals surface area contributed by atoms with Crippen molar-refractivity contribution in [2.45, 2.75) is 38.3 Å². The summed E-state index contributed by atoms with van der Waals surface area (Å²) in [5.74, 6) is 1.86. The van der Waals surface area contributed by atoms with Crippen LogP contribution in [0.5, 0.6) is 11.5 Å². The van der Waals surface area contributed by atoms with Gasteiger partial charge in [0, 0.05) is 10.7 Å². The van der Waals surface area contributed by atoms with Gasteiger partial charge in [0.2, 0.25) is 12.6 Å². The average Bonchev–Trinajstić information content (AvgIpc) is 2.65. The van der Waals surface area contributed by atoms with Gasteiger partial charge in [-0.05, 0) is 48.9 Å². The molecule has 2 aromatic carbocycles. The third-order valence-corrected chi connectivity index (χ3v) is 5.74. The molecular weight excluding hydrogens is 448 g/mol. The third kappa shape index (κ3) is 3.34. The van der Waals surface area contributed by atoms with Crippen molar-refractivity contribution in [2.24, 2.45) is 0 Å². The summed E-state index contributed by atoms with van der Waals surface area (Å²) >= 11 is 7.02. The maximum Gasteiger partial charge on any atom is 0.233 e. The Morgan fingerprint density at radius 1 is 0.720 bits per heavy atom. The molecule has 0 saturated carbocycles. The second-order valence-corrected chi connectivity index (χ2v) is 7.88. The smallest absolute Gasteiger partial charge is 0.233 e.